The first-order valence-corrected chi connectivity index (χ1v) is 7.51. The normalized spacial score (nSPS) is 11.0. The Bertz CT molecular complexity index is 344. The van der Waals surface area contributed by atoms with Gasteiger partial charge in [0.25, 0.3) is 0 Å². The van der Waals surface area contributed by atoms with Crippen molar-refractivity contribution in [2.24, 2.45) is 0 Å². The Morgan fingerprint density at radius 3 is 1.71 bits per heavy atom. The molecule has 0 saturated heterocycles. The minimum atomic E-state index is -0.999. The van der Waals surface area contributed by atoms with Crippen LogP contribution in [0.25, 0.3) is 0 Å². The summed E-state index contributed by atoms with van der Waals surface area (Å²) in [5, 5.41) is 8.33. The maximum Gasteiger partial charge on any atom is 0.330 e. The van der Waals surface area contributed by atoms with Gasteiger partial charge in [0.1, 0.15) is 6.61 Å². The van der Waals surface area contributed by atoms with Crippen LogP contribution in [-0.2, 0) is 38.0 Å². The van der Waals surface area contributed by atoms with Crippen molar-refractivity contribution in [1.82, 2.24) is 0 Å². The Morgan fingerprint density at radius 2 is 1.25 bits per heavy atom. The van der Waals surface area contributed by atoms with E-state index in [1.807, 2.05) is 0 Å². The van der Waals surface area contributed by atoms with E-state index < -0.39 is 11.9 Å². The molecule has 0 aromatic rings. The molecule has 9 heteroatoms. The lowest BCUT2D eigenvalue weighted by atomic mass is 10.5. The number of aliphatic carboxylic acids is 1. The highest BCUT2D eigenvalue weighted by Gasteiger charge is 1.96. The SMILES string of the molecule is COC(=O)/C=C/COCCOCCOCCOCCOCC(=O)O. The van der Waals surface area contributed by atoms with Gasteiger partial charge in [-0.25, -0.2) is 9.59 Å². The minimum absolute atomic E-state index is 0.240. The molecule has 24 heavy (non-hydrogen) atoms. The average molecular weight is 350 g/mol. The van der Waals surface area contributed by atoms with Crippen LogP contribution in [0.15, 0.2) is 12.2 Å². The fourth-order valence-electron chi connectivity index (χ4n) is 1.30. The number of hydrogen-bond acceptors (Lipinski definition) is 8. The van der Waals surface area contributed by atoms with E-state index in [4.69, 9.17) is 28.8 Å². The zero-order valence-electron chi connectivity index (χ0n) is 13.9. The summed E-state index contributed by atoms with van der Waals surface area (Å²) in [6, 6.07) is 0. The monoisotopic (exact) mass is 350 g/mol. The summed E-state index contributed by atoms with van der Waals surface area (Å²) in [6.07, 6.45) is 2.87. The maximum absolute atomic E-state index is 10.7. The Hall–Kier alpha value is -1.52. The summed E-state index contributed by atoms with van der Waals surface area (Å²) >= 11 is 0. The molecule has 0 aromatic heterocycles. The fourth-order valence-corrected chi connectivity index (χ4v) is 1.30. The number of hydrogen-bond donors (Lipinski definition) is 1. The molecule has 0 radical (unpaired) electrons. The largest absolute Gasteiger partial charge is 0.480 e. The molecule has 0 aromatic carbocycles. The summed E-state index contributed by atoms with van der Waals surface area (Å²) in [7, 11) is 1.31. The molecule has 0 bridgehead atoms. The molecule has 0 unspecified atom stereocenters. The Balaban J connectivity index is 3.09. The van der Waals surface area contributed by atoms with Gasteiger partial charge in [-0.05, 0) is 0 Å². The van der Waals surface area contributed by atoms with Crippen LogP contribution in [-0.4, -0.2) is 90.2 Å². The van der Waals surface area contributed by atoms with Gasteiger partial charge in [-0.15, -0.1) is 0 Å². The van der Waals surface area contributed by atoms with E-state index in [0.29, 0.717) is 52.9 Å². The minimum Gasteiger partial charge on any atom is -0.480 e. The molecule has 0 spiro atoms. The molecule has 140 valence electrons. The van der Waals surface area contributed by atoms with Crippen molar-refractivity contribution < 1.29 is 43.1 Å². The van der Waals surface area contributed by atoms with E-state index in [1.54, 1.807) is 6.08 Å². The molecular formula is C15H26O9. The van der Waals surface area contributed by atoms with E-state index in [1.165, 1.54) is 13.2 Å². The molecule has 0 aliphatic rings. The topological polar surface area (TPSA) is 110 Å². The number of carboxylic acid groups (broad SMARTS) is 1. The second-order valence-corrected chi connectivity index (χ2v) is 4.28. The first-order valence-electron chi connectivity index (χ1n) is 7.51. The maximum atomic E-state index is 10.7. The number of carbonyl (C=O) groups is 2. The smallest absolute Gasteiger partial charge is 0.330 e. The van der Waals surface area contributed by atoms with E-state index in [0.717, 1.165) is 0 Å². The summed E-state index contributed by atoms with van der Waals surface area (Å²) in [5.74, 6) is -1.41. The molecule has 0 aliphatic carbocycles. The third-order valence-corrected chi connectivity index (χ3v) is 2.38. The van der Waals surface area contributed by atoms with Gasteiger partial charge in [-0.3, -0.25) is 0 Å². The number of methoxy groups -OCH3 is 1. The molecule has 0 atom stereocenters. The van der Waals surface area contributed by atoms with Crippen molar-refractivity contribution in [3.8, 4) is 0 Å². The number of rotatable bonds is 17. The van der Waals surface area contributed by atoms with Crippen LogP contribution in [0.1, 0.15) is 0 Å². The van der Waals surface area contributed by atoms with Gasteiger partial charge in [0.05, 0.1) is 66.6 Å². The molecular weight excluding hydrogens is 324 g/mol. The van der Waals surface area contributed by atoms with Crippen LogP contribution in [0.4, 0.5) is 0 Å². The summed E-state index contributed by atoms with van der Waals surface area (Å²) in [5.41, 5.74) is 0. The van der Waals surface area contributed by atoms with Gasteiger partial charge in [0.2, 0.25) is 0 Å². The second-order valence-electron chi connectivity index (χ2n) is 4.28. The molecule has 0 heterocycles. The Labute approximate surface area is 141 Å². The van der Waals surface area contributed by atoms with Gasteiger partial charge in [0.15, 0.2) is 0 Å². The third kappa shape index (κ3) is 18.5. The first kappa shape index (κ1) is 22.5. The molecule has 0 fully saturated rings. The van der Waals surface area contributed by atoms with Gasteiger partial charge in [0, 0.05) is 6.08 Å². The van der Waals surface area contributed by atoms with Crippen molar-refractivity contribution in [2.75, 3.05) is 73.2 Å². The van der Waals surface area contributed by atoms with Crippen LogP contribution in [0.5, 0.6) is 0 Å². The molecule has 9 nitrogen and oxygen atoms in total. The second kappa shape index (κ2) is 17.8. The van der Waals surface area contributed by atoms with Crippen molar-refractivity contribution >= 4 is 11.9 Å². The standard InChI is InChI=1S/C15H26O9/c1-19-15(18)3-2-4-20-5-6-21-7-8-22-9-10-23-11-12-24-13-14(16)17/h2-3H,4-13H2,1H3,(H,16,17)/b3-2+. The van der Waals surface area contributed by atoms with Crippen molar-refractivity contribution in [3.05, 3.63) is 12.2 Å². The predicted octanol–water partition coefficient (Wildman–Crippen LogP) is -0.117. The van der Waals surface area contributed by atoms with E-state index in [-0.39, 0.29) is 13.2 Å². The molecule has 0 aliphatic heterocycles. The number of ether oxygens (including phenoxy) is 6. The highest BCUT2D eigenvalue weighted by Crippen LogP contribution is 1.85. The highest BCUT2D eigenvalue weighted by atomic mass is 16.6. The van der Waals surface area contributed by atoms with Crippen molar-refractivity contribution in [3.63, 3.8) is 0 Å². The Morgan fingerprint density at radius 1 is 0.792 bits per heavy atom. The third-order valence-electron chi connectivity index (χ3n) is 2.38. The highest BCUT2D eigenvalue weighted by molar-refractivity contribution is 5.81. The van der Waals surface area contributed by atoms with Crippen molar-refractivity contribution in [1.29, 1.82) is 0 Å². The van der Waals surface area contributed by atoms with Gasteiger partial charge in [-0.1, -0.05) is 6.08 Å². The van der Waals surface area contributed by atoms with Crippen LogP contribution in [0, 0.1) is 0 Å². The Kier molecular flexibility index (Phi) is 16.7. The quantitative estimate of drug-likeness (QED) is 0.218. The van der Waals surface area contributed by atoms with Gasteiger partial charge < -0.3 is 33.5 Å². The number of esters is 1. The molecule has 0 rings (SSSR count). The lowest BCUT2D eigenvalue weighted by Crippen LogP contribution is -2.14. The van der Waals surface area contributed by atoms with E-state index >= 15 is 0 Å². The fraction of sp³-hybridized carbons (Fsp3) is 0.733. The van der Waals surface area contributed by atoms with E-state index in [9.17, 15) is 9.59 Å². The molecule has 0 saturated carbocycles. The van der Waals surface area contributed by atoms with E-state index in [2.05, 4.69) is 4.74 Å². The summed E-state index contributed by atoms with van der Waals surface area (Å²) in [4.78, 5) is 20.9. The van der Waals surface area contributed by atoms with Crippen LogP contribution >= 0.6 is 0 Å². The van der Waals surface area contributed by atoms with Crippen LogP contribution < -0.4 is 0 Å². The summed E-state index contributed by atoms with van der Waals surface area (Å²) < 4.78 is 30.2. The zero-order chi connectivity index (χ0) is 17.9. The molecule has 1 N–H and O–H groups in total. The lowest BCUT2D eigenvalue weighted by molar-refractivity contribution is -0.142. The lowest BCUT2D eigenvalue weighted by Gasteiger charge is -2.07. The number of carboxylic acids is 1. The zero-order valence-corrected chi connectivity index (χ0v) is 13.9. The summed E-state index contributed by atoms with van der Waals surface area (Å²) in [6.45, 7) is 3.16. The van der Waals surface area contributed by atoms with Crippen molar-refractivity contribution in [2.45, 2.75) is 0 Å². The van der Waals surface area contributed by atoms with Gasteiger partial charge in [-0.2, -0.15) is 0 Å². The molecule has 0 amide bonds. The number of carbonyl (C=O) groups excluding carboxylic acids is 1. The van der Waals surface area contributed by atoms with Crippen LogP contribution in [0.3, 0.4) is 0 Å². The predicted molar refractivity (Wildman–Crippen MR) is 82.9 cm³/mol. The van der Waals surface area contributed by atoms with Gasteiger partial charge >= 0.3 is 11.9 Å². The van der Waals surface area contributed by atoms with Crippen LogP contribution in [0.2, 0.25) is 0 Å². The first-order chi connectivity index (χ1) is 11.7. The average Bonchev–Trinajstić information content (AvgIpc) is 2.57.